The number of aromatic carboxylic acids is 1. The van der Waals surface area contributed by atoms with E-state index < -0.39 is 17.0 Å². The number of hydrogen-bond acceptors (Lipinski definition) is 7. The fraction of sp³-hybridized carbons (Fsp3) is 0.310. The predicted molar refractivity (Wildman–Crippen MR) is 189 cm³/mol. The number of piperidine rings is 1. The summed E-state index contributed by atoms with van der Waals surface area (Å²) in [6.45, 7) is 2.67. The van der Waals surface area contributed by atoms with Crippen molar-refractivity contribution >= 4 is 23.0 Å². The summed E-state index contributed by atoms with van der Waals surface area (Å²) in [5, 5.41) is 29.5. The maximum Gasteiger partial charge on any atom is 0.339 e. The monoisotopic (exact) mass is 669 g/mol. The Bertz CT molecular complexity index is 2130. The summed E-state index contributed by atoms with van der Waals surface area (Å²) >= 11 is 0. The van der Waals surface area contributed by atoms with Crippen LogP contribution in [0.5, 0.6) is 17.2 Å². The number of benzene rings is 4. The highest BCUT2D eigenvalue weighted by molar-refractivity contribution is 5.90. The molecule has 10 rings (SSSR count). The number of rotatable bonds is 7. The highest BCUT2D eigenvalue weighted by Gasteiger charge is 2.74. The van der Waals surface area contributed by atoms with Crippen LogP contribution in [-0.2, 0) is 23.0 Å². The molecule has 8 nitrogen and oxygen atoms in total. The van der Waals surface area contributed by atoms with Gasteiger partial charge in [0.25, 0.3) is 0 Å². The number of likely N-dealkylation sites (tertiary alicyclic amines) is 1. The van der Waals surface area contributed by atoms with Gasteiger partial charge in [0, 0.05) is 35.5 Å². The van der Waals surface area contributed by atoms with Crippen molar-refractivity contribution in [3.8, 4) is 17.2 Å². The van der Waals surface area contributed by atoms with Crippen LogP contribution < -0.4 is 4.74 Å². The van der Waals surface area contributed by atoms with Crippen LogP contribution >= 0.6 is 0 Å². The smallest absolute Gasteiger partial charge is 0.339 e. The van der Waals surface area contributed by atoms with E-state index in [1.54, 1.807) is 12.1 Å². The Morgan fingerprint density at radius 1 is 0.940 bits per heavy atom. The Morgan fingerprint density at radius 3 is 2.50 bits per heavy atom. The molecule has 5 aromatic rings. The Balaban J connectivity index is 0.000000293. The van der Waals surface area contributed by atoms with E-state index in [2.05, 4.69) is 65.6 Å². The van der Waals surface area contributed by atoms with Gasteiger partial charge in [0.2, 0.25) is 0 Å². The number of aromatic hydroxyl groups is 2. The van der Waals surface area contributed by atoms with Crippen molar-refractivity contribution in [2.45, 2.75) is 55.3 Å². The quantitative estimate of drug-likeness (QED) is 0.162. The zero-order valence-electron chi connectivity index (χ0n) is 27.6. The largest absolute Gasteiger partial charge is 0.507 e. The van der Waals surface area contributed by atoms with E-state index in [4.69, 9.17) is 24.1 Å². The molecule has 5 aliphatic rings. The van der Waals surface area contributed by atoms with Gasteiger partial charge < -0.3 is 29.2 Å². The highest BCUT2D eigenvalue weighted by atomic mass is 16.5. The number of nitrogens with zero attached hydrogens (tertiary/aromatic N) is 1. The number of carbonyl (C=O) groups is 1. The number of phenolic OH excluding ortho intramolecular Hbond substituents is 1. The number of hydrogen-bond donors (Lipinski definition) is 3. The SMILES string of the molecule is O=C(O)c1ccccc1O.Oc1ccc2c3c1O[C@H]1c4oc5ccccc5c4C[C@@]4(OC/C=C/c5ccccc5)[C@H](C2)N(CC2CC2)CC[C@]314. The maximum atomic E-state index is 11.1. The molecule has 3 aliphatic carbocycles. The van der Waals surface area contributed by atoms with Gasteiger partial charge in [0.15, 0.2) is 17.6 Å². The van der Waals surface area contributed by atoms with Gasteiger partial charge in [-0.1, -0.05) is 78.9 Å². The molecule has 1 spiro atoms. The number of carboxylic acids is 1. The lowest BCUT2D eigenvalue weighted by molar-refractivity contribution is -0.201. The first kappa shape index (κ1) is 31.0. The minimum atomic E-state index is -1.11. The van der Waals surface area contributed by atoms with Gasteiger partial charge in [0.05, 0.1) is 12.0 Å². The third-order valence-electron chi connectivity index (χ3n) is 11.6. The van der Waals surface area contributed by atoms with E-state index in [1.165, 1.54) is 41.7 Å². The summed E-state index contributed by atoms with van der Waals surface area (Å²) in [5.74, 6) is 1.26. The minimum Gasteiger partial charge on any atom is -0.507 e. The normalized spacial score (nSPS) is 25.8. The molecule has 4 atom stereocenters. The second-order valence-corrected chi connectivity index (χ2v) is 14.3. The summed E-state index contributed by atoms with van der Waals surface area (Å²) in [5.41, 5.74) is 4.75. The molecule has 2 bridgehead atoms. The van der Waals surface area contributed by atoms with Crippen molar-refractivity contribution in [1.29, 1.82) is 0 Å². The average Bonchev–Trinajstić information content (AvgIpc) is 3.77. The van der Waals surface area contributed by atoms with Gasteiger partial charge >= 0.3 is 5.97 Å². The number of para-hydroxylation sites is 2. The molecular weight excluding hydrogens is 630 g/mol. The molecule has 2 aliphatic heterocycles. The maximum absolute atomic E-state index is 11.1. The van der Waals surface area contributed by atoms with Gasteiger partial charge in [0.1, 0.15) is 28.3 Å². The lowest BCUT2D eigenvalue weighted by Gasteiger charge is -2.64. The van der Waals surface area contributed by atoms with Gasteiger partial charge in [-0.15, -0.1) is 0 Å². The topological polar surface area (TPSA) is 113 Å². The van der Waals surface area contributed by atoms with Crippen LogP contribution in [0.2, 0.25) is 0 Å². The number of ether oxygens (including phenoxy) is 2. The molecule has 2 fully saturated rings. The summed E-state index contributed by atoms with van der Waals surface area (Å²) < 4.78 is 20.8. The Labute approximate surface area is 290 Å². The Kier molecular flexibility index (Phi) is 7.30. The second kappa shape index (κ2) is 11.8. The molecule has 4 aromatic carbocycles. The standard InChI is InChI=1S/C35H33NO4.C7H6O3/c37-27-15-14-24-19-29-35(38-18-6-9-22-7-2-1-3-8-22)20-26-25-10-4-5-11-28(25)39-31(26)33-34(35,30(24)32(27)40-33)16-17-36(29)21-23-12-13-23;8-6-4-2-1-3-5(6)7(9)10/h1-11,14-15,23,29,33,37H,12-13,16-21H2;1-4,8H,(H,9,10)/b9-6+;/t29-,33-,34-,35+;/m0./s1. The zero-order valence-corrected chi connectivity index (χ0v) is 27.6. The Hall–Kier alpha value is -5.05. The number of phenols is 2. The van der Waals surface area contributed by atoms with Crippen LogP contribution in [0.4, 0.5) is 0 Å². The lowest BCUT2D eigenvalue weighted by atomic mass is 9.49. The molecule has 0 radical (unpaired) electrons. The molecule has 0 amide bonds. The van der Waals surface area contributed by atoms with Crippen molar-refractivity contribution in [1.82, 2.24) is 4.90 Å². The van der Waals surface area contributed by atoms with E-state index in [0.29, 0.717) is 12.4 Å². The molecule has 1 saturated carbocycles. The van der Waals surface area contributed by atoms with Gasteiger partial charge in [-0.2, -0.15) is 0 Å². The van der Waals surface area contributed by atoms with Gasteiger partial charge in [-0.25, -0.2) is 4.79 Å². The first-order valence-corrected chi connectivity index (χ1v) is 17.5. The van der Waals surface area contributed by atoms with Crippen molar-refractivity contribution in [2.24, 2.45) is 5.92 Å². The van der Waals surface area contributed by atoms with Crippen molar-refractivity contribution in [2.75, 3.05) is 19.7 Å². The van der Waals surface area contributed by atoms with E-state index in [-0.39, 0.29) is 29.2 Å². The number of furan rings is 1. The summed E-state index contributed by atoms with van der Waals surface area (Å²) in [4.78, 5) is 13.0. The van der Waals surface area contributed by atoms with E-state index in [1.807, 2.05) is 18.2 Å². The first-order valence-electron chi connectivity index (χ1n) is 17.5. The molecule has 254 valence electrons. The average molecular weight is 670 g/mol. The number of carboxylic acid groups (broad SMARTS) is 1. The molecule has 1 aromatic heterocycles. The summed E-state index contributed by atoms with van der Waals surface area (Å²) in [6, 6.07) is 28.8. The van der Waals surface area contributed by atoms with Crippen molar-refractivity contribution < 1.29 is 34.0 Å². The molecular formula is C42H39NO7. The molecule has 1 saturated heterocycles. The van der Waals surface area contributed by atoms with Gasteiger partial charge in [-0.05, 0) is 73.5 Å². The van der Waals surface area contributed by atoms with Crippen LogP contribution in [0.1, 0.15) is 63.7 Å². The third-order valence-corrected chi connectivity index (χ3v) is 11.6. The molecule has 3 heterocycles. The zero-order chi connectivity index (χ0) is 34.0. The second-order valence-electron chi connectivity index (χ2n) is 14.3. The highest BCUT2D eigenvalue weighted by Crippen LogP contribution is 2.70. The van der Waals surface area contributed by atoms with Crippen LogP contribution in [0.3, 0.4) is 0 Å². The Morgan fingerprint density at radius 2 is 1.72 bits per heavy atom. The molecule has 0 unspecified atom stereocenters. The van der Waals surface area contributed by atoms with Crippen molar-refractivity contribution in [3.63, 3.8) is 0 Å². The van der Waals surface area contributed by atoms with Crippen LogP contribution in [0.15, 0.2) is 101 Å². The van der Waals surface area contributed by atoms with Gasteiger partial charge in [-0.3, -0.25) is 4.90 Å². The number of fused-ring (bicyclic) bond motifs is 4. The lowest BCUT2D eigenvalue weighted by Crippen LogP contribution is -2.75. The van der Waals surface area contributed by atoms with E-state index in [9.17, 15) is 9.90 Å². The molecule has 3 N–H and O–H groups in total. The minimum absolute atomic E-state index is 0.0671. The molecule has 50 heavy (non-hydrogen) atoms. The predicted octanol–water partition coefficient (Wildman–Crippen LogP) is 7.67. The summed E-state index contributed by atoms with van der Waals surface area (Å²) in [7, 11) is 0. The fourth-order valence-corrected chi connectivity index (χ4v) is 9.27. The third kappa shape index (κ3) is 4.69. The van der Waals surface area contributed by atoms with Crippen LogP contribution in [0, 0.1) is 5.92 Å². The van der Waals surface area contributed by atoms with Crippen LogP contribution in [0.25, 0.3) is 17.0 Å². The fourth-order valence-electron chi connectivity index (χ4n) is 9.27. The van der Waals surface area contributed by atoms with E-state index >= 15 is 0 Å². The van der Waals surface area contributed by atoms with Crippen LogP contribution in [-0.4, -0.2) is 57.5 Å². The summed E-state index contributed by atoms with van der Waals surface area (Å²) in [6.07, 6.45) is 9.26. The van der Waals surface area contributed by atoms with E-state index in [0.717, 1.165) is 60.6 Å². The molecule has 8 heteroatoms. The first-order chi connectivity index (χ1) is 24.4. The van der Waals surface area contributed by atoms with Crippen molar-refractivity contribution in [3.05, 3.63) is 131 Å².